The molecule has 1 aromatic heterocycles. The van der Waals surface area contributed by atoms with Gasteiger partial charge in [0.05, 0.1) is 12.1 Å². The maximum atomic E-state index is 13.7. The van der Waals surface area contributed by atoms with E-state index >= 15 is 0 Å². The highest BCUT2D eigenvalue weighted by atomic mass is 32.2. The van der Waals surface area contributed by atoms with Crippen molar-refractivity contribution < 1.29 is 13.6 Å². The Balaban J connectivity index is 1.50. The summed E-state index contributed by atoms with van der Waals surface area (Å²) in [4.78, 5) is 15.5. The number of para-hydroxylation sites is 1. The monoisotopic (exact) mass is 384 g/mol. The van der Waals surface area contributed by atoms with E-state index in [0.717, 1.165) is 39.4 Å². The summed E-state index contributed by atoms with van der Waals surface area (Å²) in [6.07, 6.45) is 0.777. The Hall–Kier alpha value is -2.47. The lowest BCUT2D eigenvalue weighted by atomic mass is 10.0. The molecule has 0 unspecified atom stereocenters. The van der Waals surface area contributed by atoms with E-state index in [2.05, 4.69) is 5.32 Å². The number of benzene rings is 2. The van der Waals surface area contributed by atoms with Crippen LogP contribution in [0.15, 0.2) is 57.8 Å². The Morgan fingerprint density at radius 3 is 2.93 bits per heavy atom. The molecule has 6 heteroatoms. The molecule has 2 heterocycles. The van der Waals surface area contributed by atoms with Gasteiger partial charge >= 0.3 is 6.03 Å². The normalized spacial score (nSPS) is 17.4. The van der Waals surface area contributed by atoms with Crippen molar-refractivity contribution in [1.29, 1.82) is 0 Å². The Morgan fingerprint density at radius 1 is 1.30 bits per heavy atom. The molecule has 140 valence electrons. The molecule has 1 N–H and O–H groups in total. The number of fused-ring (bicyclic) bond motifs is 2. The molecule has 1 aliphatic heterocycles. The number of rotatable bonds is 3. The fourth-order valence-electron chi connectivity index (χ4n) is 3.34. The number of thioether (sulfide) groups is 1. The summed E-state index contributed by atoms with van der Waals surface area (Å²) in [6, 6.07) is 13.9. The SMILES string of the molecule is C[C@H](c1cc2ccccc2o1)N(C)C(=O)N[C@@H]1CCSc2ccc(F)cc21. The fourth-order valence-corrected chi connectivity index (χ4v) is 4.45. The Kier molecular flexibility index (Phi) is 4.83. The lowest BCUT2D eigenvalue weighted by Gasteiger charge is -2.30. The molecule has 1 aliphatic rings. The van der Waals surface area contributed by atoms with Crippen LogP contribution >= 0.6 is 11.8 Å². The van der Waals surface area contributed by atoms with Gasteiger partial charge in [0.2, 0.25) is 0 Å². The average Bonchev–Trinajstić information content (AvgIpc) is 3.11. The Bertz CT molecular complexity index is 954. The van der Waals surface area contributed by atoms with E-state index in [1.165, 1.54) is 12.1 Å². The molecule has 0 radical (unpaired) electrons. The number of carbonyl (C=O) groups excluding carboxylic acids is 1. The third-order valence-corrected chi connectivity index (χ3v) is 6.19. The van der Waals surface area contributed by atoms with E-state index in [4.69, 9.17) is 4.42 Å². The van der Waals surface area contributed by atoms with Gasteiger partial charge in [0.25, 0.3) is 0 Å². The van der Waals surface area contributed by atoms with E-state index < -0.39 is 0 Å². The molecule has 2 atom stereocenters. The summed E-state index contributed by atoms with van der Waals surface area (Å²) in [7, 11) is 1.75. The van der Waals surface area contributed by atoms with Crippen LogP contribution in [0.1, 0.15) is 36.8 Å². The van der Waals surface area contributed by atoms with Crippen LogP contribution in [0.5, 0.6) is 0 Å². The Morgan fingerprint density at radius 2 is 2.11 bits per heavy atom. The summed E-state index contributed by atoms with van der Waals surface area (Å²) in [6.45, 7) is 1.93. The Labute approximate surface area is 161 Å². The fraction of sp³-hybridized carbons (Fsp3) is 0.286. The van der Waals surface area contributed by atoms with Crippen molar-refractivity contribution in [3.63, 3.8) is 0 Å². The summed E-state index contributed by atoms with van der Waals surface area (Å²) in [5.74, 6) is 1.35. The highest BCUT2D eigenvalue weighted by Crippen LogP contribution is 2.36. The number of urea groups is 1. The van der Waals surface area contributed by atoms with Gasteiger partial charge in [-0.15, -0.1) is 11.8 Å². The molecule has 27 heavy (non-hydrogen) atoms. The molecule has 2 amide bonds. The number of furan rings is 1. The average molecular weight is 384 g/mol. The lowest BCUT2D eigenvalue weighted by Crippen LogP contribution is -2.41. The molecule has 0 saturated carbocycles. The topological polar surface area (TPSA) is 45.5 Å². The van der Waals surface area contributed by atoms with Crippen molar-refractivity contribution in [2.24, 2.45) is 0 Å². The van der Waals surface area contributed by atoms with E-state index in [-0.39, 0.29) is 23.9 Å². The quantitative estimate of drug-likeness (QED) is 0.647. The molecule has 0 bridgehead atoms. The molecular formula is C21H21FN2O2S. The lowest BCUT2D eigenvalue weighted by molar-refractivity contribution is 0.183. The first-order valence-corrected chi connectivity index (χ1v) is 9.95. The third-order valence-electron chi connectivity index (χ3n) is 5.07. The largest absolute Gasteiger partial charge is 0.459 e. The smallest absolute Gasteiger partial charge is 0.318 e. The van der Waals surface area contributed by atoms with Crippen LogP contribution in [-0.4, -0.2) is 23.7 Å². The van der Waals surface area contributed by atoms with Gasteiger partial charge in [0, 0.05) is 23.1 Å². The third kappa shape index (κ3) is 3.54. The number of nitrogens with zero attached hydrogens (tertiary/aromatic N) is 1. The van der Waals surface area contributed by atoms with Crippen molar-refractivity contribution in [2.75, 3.05) is 12.8 Å². The van der Waals surface area contributed by atoms with Crippen LogP contribution < -0.4 is 5.32 Å². The molecule has 0 aliphatic carbocycles. The first-order chi connectivity index (χ1) is 13.0. The standard InChI is InChI=1S/C21H21FN2O2S/c1-13(19-11-14-5-3-4-6-18(14)26-19)24(2)21(25)23-17-9-10-27-20-8-7-15(22)12-16(17)20/h3-8,11-13,17H,9-10H2,1-2H3,(H,23,25)/t13-,17-/m1/s1. The maximum absolute atomic E-state index is 13.7. The van der Waals surface area contributed by atoms with Crippen molar-refractivity contribution >= 4 is 28.8 Å². The zero-order valence-electron chi connectivity index (χ0n) is 15.2. The highest BCUT2D eigenvalue weighted by Gasteiger charge is 2.26. The van der Waals surface area contributed by atoms with Gasteiger partial charge < -0.3 is 14.6 Å². The molecule has 0 spiro atoms. The molecular weight excluding hydrogens is 363 g/mol. The molecule has 4 nitrogen and oxygen atoms in total. The molecule has 0 fully saturated rings. The van der Waals surface area contributed by atoms with Crippen LogP contribution in [0.25, 0.3) is 11.0 Å². The van der Waals surface area contributed by atoms with E-state index in [0.29, 0.717) is 0 Å². The van der Waals surface area contributed by atoms with Gasteiger partial charge in [-0.25, -0.2) is 9.18 Å². The van der Waals surface area contributed by atoms with Gasteiger partial charge in [-0.2, -0.15) is 0 Å². The van der Waals surface area contributed by atoms with E-state index in [1.807, 2.05) is 37.3 Å². The van der Waals surface area contributed by atoms with Gasteiger partial charge in [-0.3, -0.25) is 0 Å². The minimum Gasteiger partial charge on any atom is -0.459 e. The van der Waals surface area contributed by atoms with Crippen molar-refractivity contribution in [3.05, 3.63) is 65.7 Å². The van der Waals surface area contributed by atoms with Crippen LogP contribution in [0.2, 0.25) is 0 Å². The summed E-state index contributed by atoms with van der Waals surface area (Å²) >= 11 is 1.70. The van der Waals surface area contributed by atoms with Crippen LogP contribution in [0, 0.1) is 5.82 Å². The van der Waals surface area contributed by atoms with E-state index in [1.54, 1.807) is 29.8 Å². The van der Waals surface area contributed by atoms with Crippen molar-refractivity contribution in [3.8, 4) is 0 Å². The molecule has 2 aromatic carbocycles. The molecule has 3 aromatic rings. The second kappa shape index (κ2) is 7.27. The van der Waals surface area contributed by atoms with Gasteiger partial charge in [-0.1, -0.05) is 18.2 Å². The number of amides is 2. The predicted molar refractivity (Wildman–Crippen MR) is 105 cm³/mol. The number of hydrogen-bond acceptors (Lipinski definition) is 3. The second-order valence-electron chi connectivity index (χ2n) is 6.79. The molecule has 4 rings (SSSR count). The molecule has 0 saturated heterocycles. The zero-order valence-corrected chi connectivity index (χ0v) is 16.1. The summed E-state index contributed by atoms with van der Waals surface area (Å²) in [5.41, 5.74) is 1.66. The predicted octanol–water partition coefficient (Wildman–Crippen LogP) is 5.51. The van der Waals surface area contributed by atoms with Crippen LogP contribution in [0.3, 0.4) is 0 Å². The summed E-state index contributed by atoms with van der Waals surface area (Å²) in [5, 5.41) is 4.07. The van der Waals surface area contributed by atoms with Crippen molar-refractivity contribution in [1.82, 2.24) is 10.2 Å². The first kappa shape index (κ1) is 17.9. The number of nitrogens with one attached hydrogen (secondary N) is 1. The van der Waals surface area contributed by atoms with Crippen molar-refractivity contribution in [2.45, 2.75) is 30.3 Å². The zero-order chi connectivity index (χ0) is 19.0. The van der Waals surface area contributed by atoms with Gasteiger partial charge in [0.15, 0.2) is 0 Å². The first-order valence-electron chi connectivity index (χ1n) is 8.97. The van der Waals surface area contributed by atoms with Gasteiger partial charge in [0.1, 0.15) is 17.2 Å². The number of hydrogen-bond donors (Lipinski definition) is 1. The van der Waals surface area contributed by atoms with Gasteiger partial charge in [-0.05, 0) is 49.2 Å². The number of carbonyl (C=O) groups is 1. The highest BCUT2D eigenvalue weighted by molar-refractivity contribution is 7.99. The van der Waals surface area contributed by atoms with E-state index in [9.17, 15) is 9.18 Å². The number of halogens is 1. The summed E-state index contributed by atoms with van der Waals surface area (Å²) < 4.78 is 19.6. The maximum Gasteiger partial charge on any atom is 0.318 e. The second-order valence-corrected chi connectivity index (χ2v) is 7.93. The van der Waals surface area contributed by atoms with Crippen LogP contribution in [-0.2, 0) is 0 Å². The van der Waals surface area contributed by atoms with Crippen LogP contribution in [0.4, 0.5) is 9.18 Å². The minimum atomic E-state index is -0.278. The minimum absolute atomic E-state index is 0.185.